The molecule has 2 aliphatic heterocycles. The van der Waals surface area contributed by atoms with Gasteiger partial charge in [0.15, 0.2) is 0 Å². The van der Waals surface area contributed by atoms with E-state index in [1.807, 2.05) is 24.3 Å². The molecule has 1 N–H and O–H groups in total. The lowest BCUT2D eigenvalue weighted by Gasteiger charge is -2.29. The number of nitrogens with zero attached hydrogens (tertiary/aromatic N) is 2. The molecule has 5 rings (SSSR count). The summed E-state index contributed by atoms with van der Waals surface area (Å²) >= 11 is 0. The molecule has 184 valence electrons. The Bertz CT molecular complexity index is 936. The molecule has 0 bridgehead atoms. The maximum Gasteiger partial charge on any atom is 0.227 e. The van der Waals surface area contributed by atoms with Crippen molar-refractivity contribution in [2.45, 2.75) is 63.9 Å². The average molecular weight is 470 g/mol. The van der Waals surface area contributed by atoms with Crippen LogP contribution in [-0.4, -0.2) is 61.8 Å². The summed E-state index contributed by atoms with van der Waals surface area (Å²) in [7, 11) is 1.68. The zero-order chi connectivity index (χ0) is 23.3. The summed E-state index contributed by atoms with van der Waals surface area (Å²) in [6.45, 7) is 5.23. The van der Waals surface area contributed by atoms with Gasteiger partial charge in [0.1, 0.15) is 18.0 Å². The highest BCUT2D eigenvalue weighted by Crippen LogP contribution is 2.36. The third-order valence-electron chi connectivity index (χ3n) is 6.80. The second-order valence-electron chi connectivity index (χ2n) is 9.61. The lowest BCUT2D eigenvalue weighted by molar-refractivity contribution is -0.0811. The highest BCUT2D eigenvalue weighted by atomic mass is 16.6. The van der Waals surface area contributed by atoms with Crippen molar-refractivity contribution in [1.29, 1.82) is 0 Å². The predicted octanol–water partition coefficient (Wildman–Crippen LogP) is 4.23. The van der Waals surface area contributed by atoms with Gasteiger partial charge in [-0.25, -0.2) is 4.98 Å². The molecule has 8 nitrogen and oxygen atoms in total. The molecule has 1 aromatic heterocycles. The Morgan fingerprint density at radius 1 is 0.912 bits per heavy atom. The van der Waals surface area contributed by atoms with Crippen LogP contribution in [0.2, 0.25) is 0 Å². The molecule has 0 spiro atoms. The van der Waals surface area contributed by atoms with Crippen molar-refractivity contribution in [3.05, 3.63) is 30.0 Å². The van der Waals surface area contributed by atoms with Crippen LogP contribution in [0.4, 0.5) is 5.95 Å². The van der Waals surface area contributed by atoms with E-state index in [1.54, 1.807) is 7.11 Å². The number of benzene rings is 1. The first kappa shape index (κ1) is 23.3. The second-order valence-corrected chi connectivity index (χ2v) is 9.61. The molecule has 3 heterocycles. The minimum absolute atomic E-state index is 0.00241. The Morgan fingerprint density at radius 2 is 1.68 bits per heavy atom. The molecule has 3 aliphatic rings. The molecule has 0 unspecified atom stereocenters. The van der Waals surface area contributed by atoms with Crippen LogP contribution < -0.4 is 14.8 Å². The first-order valence-corrected chi connectivity index (χ1v) is 12.4. The van der Waals surface area contributed by atoms with Gasteiger partial charge >= 0.3 is 0 Å². The third-order valence-corrected chi connectivity index (χ3v) is 6.80. The molecule has 0 radical (unpaired) electrons. The molecule has 3 fully saturated rings. The summed E-state index contributed by atoms with van der Waals surface area (Å²) in [6, 6.07) is 8.41. The van der Waals surface area contributed by atoms with E-state index in [2.05, 4.69) is 12.2 Å². The predicted molar refractivity (Wildman–Crippen MR) is 128 cm³/mol. The normalized spacial score (nSPS) is 25.1. The SMILES string of the molecule is COCc1nc(N[C@H]2CC[C@H](C)CC2)nc(OC2COC2)c1-c1ccc(O[C@H]2CCOC2)cc1. The average Bonchev–Trinajstić information content (AvgIpc) is 3.32. The van der Waals surface area contributed by atoms with E-state index in [-0.39, 0.29) is 12.2 Å². The smallest absolute Gasteiger partial charge is 0.227 e. The lowest BCUT2D eigenvalue weighted by Crippen LogP contribution is -2.39. The summed E-state index contributed by atoms with van der Waals surface area (Å²) in [5.41, 5.74) is 2.62. The first-order valence-electron chi connectivity index (χ1n) is 12.4. The minimum Gasteiger partial charge on any atom is -0.488 e. The number of nitrogens with one attached hydrogen (secondary N) is 1. The van der Waals surface area contributed by atoms with Crippen molar-refractivity contribution in [3.63, 3.8) is 0 Å². The fourth-order valence-electron chi connectivity index (χ4n) is 4.69. The van der Waals surface area contributed by atoms with Crippen LogP contribution in [0.3, 0.4) is 0 Å². The second kappa shape index (κ2) is 10.9. The number of rotatable bonds is 9. The van der Waals surface area contributed by atoms with E-state index in [4.69, 9.17) is 33.7 Å². The Labute approximate surface area is 201 Å². The van der Waals surface area contributed by atoms with Gasteiger partial charge in [0, 0.05) is 19.6 Å². The molecule has 2 aromatic rings. The highest BCUT2D eigenvalue weighted by Gasteiger charge is 2.27. The van der Waals surface area contributed by atoms with E-state index >= 15 is 0 Å². The van der Waals surface area contributed by atoms with Crippen molar-refractivity contribution >= 4 is 5.95 Å². The summed E-state index contributed by atoms with van der Waals surface area (Å²) in [4.78, 5) is 9.69. The van der Waals surface area contributed by atoms with Crippen LogP contribution in [0.1, 0.15) is 44.7 Å². The molecule has 34 heavy (non-hydrogen) atoms. The summed E-state index contributed by atoms with van der Waals surface area (Å²) in [5.74, 6) is 2.79. The minimum atomic E-state index is -0.00241. The van der Waals surface area contributed by atoms with Crippen LogP contribution in [-0.2, 0) is 20.8 Å². The van der Waals surface area contributed by atoms with Gasteiger partial charge < -0.3 is 29.0 Å². The van der Waals surface area contributed by atoms with Gasteiger partial charge in [-0.1, -0.05) is 19.1 Å². The molecule has 8 heteroatoms. The molecular weight excluding hydrogens is 434 g/mol. The van der Waals surface area contributed by atoms with Crippen molar-refractivity contribution in [1.82, 2.24) is 9.97 Å². The van der Waals surface area contributed by atoms with Crippen LogP contribution in [0.15, 0.2) is 24.3 Å². The Hall–Kier alpha value is -2.42. The van der Waals surface area contributed by atoms with Gasteiger partial charge in [-0.15, -0.1) is 0 Å². The van der Waals surface area contributed by atoms with Gasteiger partial charge in [0.25, 0.3) is 0 Å². The number of hydrogen-bond donors (Lipinski definition) is 1. The largest absolute Gasteiger partial charge is 0.488 e. The fraction of sp³-hybridized carbons (Fsp3) is 0.615. The summed E-state index contributed by atoms with van der Waals surface area (Å²) < 4.78 is 28.6. The van der Waals surface area contributed by atoms with E-state index < -0.39 is 0 Å². The molecule has 1 aliphatic carbocycles. The van der Waals surface area contributed by atoms with Crippen molar-refractivity contribution in [2.75, 3.05) is 38.9 Å². The molecule has 0 amide bonds. The lowest BCUT2D eigenvalue weighted by atomic mass is 9.87. The van der Waals surface area contributed by atoms with Crippen LogP contribution in [0, 0.1) is 5.92 Å². The van der Waals surface area contributed by atoms with Gasteiger partial charge in [-0.05, 0) is 49.3 Å². The number of methoxy groups -OCH3 is 1. The zero-order valence-corrected chi connectivity index (χ0v) is 20.1. The van der Waals surface area contributed by atoms with E-state index in [0.717, 1.165) is 54.4 Å². The van der Waals surface area contributed by atoms with Gasteiger partial charge in [-0.2, -0.15) is 4.98 Å². The van der Waals surface area contributed by atoms with Crippen LogP contribution in [0.25, 0.3) is 11.1 Å². The zero-order valence-electron chi connectivity index (χ0n) is 20.1. The molecule has 1 aromatic carbocycles. The molecule has 1 atom stereocenters. The first-order chi connectivity index (χ1) is 16.7. The quantitative estimate of drug-likeness (QED) is 0.584. The number of hydrogen-bond acceptors (Lipinski definition) is 8. The van der Waals surface area contributed by atoms with E-state index in [0.29, 0.717) is 44.3 Å². The van der Waals surface area contributed by atoms with Crippen LogP contribution in [0.5, 0.6) is 11.6 Å². The van der Waals surface area contributed by atoms with Crippen LogP contribution >= 0.6 is 0 Å². The van der Waals surface area contributed by atoms with Crippen molar-refractivity contribution < 1.29 is 23.7 Å². The number of anilines is 1. The topological polar surface area (TPSA) is 84.0 Å². The summed E-state index contributed by atoms with van der Waals surface area (Å²) in [5, 5.41) is 3.56. The maximum absolute atomic E-state index is 6.29. The molecule has 2 saturated heterocycles. The fourth-order valence-corrected chi connectivity index (χ4v) is 4.69. The van der Waals surface area contributed by atoms with E-state index in [1.165, 1.54) is 12.8 Å². The van der Waals surface area contributed by atoms with Gasteiger partial charge in [-0.3, -0.25) is 0 Å². The number of ether oxygens (including phenoxy) is 5. The monoisotopic (exact) mass is 469 g/mol. The number of aromatic nitrogens is 2. The Balaban J connectivity index is 1.42. The Kier molecular flexibility index (Phi) is 7.47. The van der Waals surface area contributed by atoms with Gasteiger partial charge in [0.05, 0.1) is 44.3 Å². The van der Waals surface area contributed by atoms with Crippen molar-refractivity contribution in [2.24, 2.45) is 5.92 Å². The third kappa shape index (κ3) is 5.62. The van der Waals surface area contributed by atoms with Gasteiger partial charge in [0.2, 0.25) is 11.8 Å². The van der Waals surface area contributed by atoms with Crippen molar-refractivity contribution in [3.8, 4) is 22.8 Å². The Morgan fingerprint density at radius 3 is 2.32 bits per heavy atom. The molecule has 1 saturated carbocycles. The highest BCUT2D eigenvalue weighted by molar-refractivity contribution is 5.72. The van der Waals surface area contributed by atoms with E-state index in [9.17, 15) is 0 Å². The maximum atomic E-state index is 6.29. The summed E-state index contributed by atoms with van der Waals surface area (Å²) in [6.07, 6.45) is 5.75. The standard InChI is InChI=1S/C26H35N3O5/c1-17-3-7-19(8-4-17)27-26-28-23(16-30-2)24(25(29-26)34-22-14-32-15-22)18-5-9-20(10-6-18)33-21-11-12-31-13-21/h5-6,9-10,17,19,21-22H,3-4,7-8,11-16H2,1-2H3,(H,27,28,29)/t17-,19-,21-/m0/s1. The molecular formula is C26H35N3O5.